The molecule has 0 saturated heterocycles. The van der Waals surface area contributed by atoms with Crippen molar-refractivity contribution in [1.82, 2.24) is 0 Å². The molecule has 0 aliphatic rings. The van der Waals surface area contributed by atoms with Crippen LogP contribution < -0.4 is 67.2 Å². The van der Waals surface area contributed by atoms with Crippen molar-refractivity contribution in [2.45, 2.75) is 87.5 Å². The van der Waals surface area contributed by atoms with Gasteiger partial charge in [-0.05, 0) is 123 Å². The molecule has 0 N–H and O–H groups in total. The topological polar surface area (TPSA) is 95.2 Å². The van der Waals surface area contributed by atoms with E-state index in [1.54, 1.807) is 35.1 Å². The molecule has 0 fully saturated rings. The first kappa shape index (κ1) is 107. The molecule has 0 aliphatic carbocycles. The molecule has 4 nitrogen and oxygen atoms in total. The van der Waals surface area contributed by atoms with Gasteiger partial charge in [0.1, 0.15) is 46.5 Å². The molecule has 664 valence electrons. The molecule has 0 saturated carbocycles. The zero-order valence-electron chi connectivity index (χ0n) is 71.8. The summed E-state index contributed by atoms with van der Waals surface area (Å²) in [6.07, 6.45) is 8.46. The van der Waals surface area contributed by atoms with Crippen LogP contribution in [0.5, 0.6) is 0 Å². The van der Waals surface area contributed by atoms with E-state index in [1.165, 1.54) is 161 Å². The first-order valence-corrected chi connectivity index (χ1v) is 56.3. The van der Waals surface area contributed by atoms with Crippen molar-refractivity contribution in [2.75, 3.05) is 0 Å². The van der Waals surface area contributed by atoms with E-state index in [1.807, 2.05) is 0 Å². The normalized spacial score (nSPS) is 10.2. The number of hydrogen-bond acceptors (Lipinski definition) is 4. The van der Waals surface area contributed by atoms with E-state index in [9.17, 15) is 26.3 Å². The van der Waals surface area contributed by atoms with Crippen LogP contribution in [0.3, 0.4) is 0 Å². The van der Waals surface area contributed by atoms with Gasteiger partial charge in [0.2, 0.25) is 0 Å². The quantitative estimate of drug-likeness (QED) is 0.0210. The molecule has 16 aromatic rings. The molecular weight excluding hydrogens is 2020 g/mol. The Balaban J connectivity index is 0.000000209. The Bertz CT molecular complexity index is 5210. The van der Waals surface area contributed by atoms with Gasteiger partial charge in [-0.1, -0.05) is 409 Å². The van der Waals surface area contributed by atoms with Gasteiger partial charge >= 0.3 is 125 Å². The fourth-order valence-electron chi connectivity index (χ4n) is 14.4. The molecule has 131 heavy (non-hydrogen) atoms. The standard InChI is InChI=1S/4C18H15P.C14H5F3N2.C8F3IN2.C6H5.3C4H9.2CH4.Pd.Sn/c4*1-4-10-16(11-5-1)19(17-12-6-2-7-13-17)18-14-8-3-9-15-18;15-12-10(7-19)14(17)13(16)9(6-18)11(12)8-4-2-1-3-5-8;9-5-3(1-13)7(11)8(12)4(2-14)6(5)10;1-2-4-6-5-3-1;3*1-3-4-2;;;;/h4*1-15H;1-5H;;1-5H;3*1,3-4H2,2H3;2*1H4;;. The van der Waals surface area contributed by atoms with Gasteiger partial charge in [-0.25, -0.2) is 26.3 Å². The first-order chi connectivity index (χ1) is 62.7. The molecule has 16 aromatic carbocycles. The van der Waals surface area contributed by atoms with Crippen LogP contribution in [0.25, 0.3) is 11.1 Å². The summed E-state index contributed by atoms with van der Waals surface area (Å²) in [4.78, 5) is 0. The Morgan fingerprint density at radius 3 is 0.595 bits per heavy atom. The number of nitriles is 4. The van der Waals surface area contributed by atoms with Crippen LogP contribution in [0.2, 0.25) is 13.3 Å². The Kier molecular flexibility index (Phi) is 47.9. The first-order valence-electron chi connectivity index (χ1n) is 42.3. The molecular formula is C114H105F6IN4P4PdSn. The van der Waals surface area contributed by atoms with E-state index in [2.05, 4.69) is 415 Å². The minimum absolute atomic E-state index is 0. The molecule has 17 heteroatoms. The fraction of sp³-hybridized carbons (Fsp3) is 0.123. The third kappa shape index (κ3) is 30.8. The molecule has 0 atom stereocenters. The maximum absolute atomic E-state index is 14.1. The van der Waals surface area contributed by atoms with E-state index >= 15 is 0 Å². The Hall–Kier alpha value is -11.0. The minimum Gasteiger partial charge on any atom is -0.205 e. The number of benzene rings is 16. The Morgan fingerprint density at radius 2 is 0.405 bits per heavy atom. The molecule has 0 amide bonds. The van der Waals surface area contributed by atoms with Crippen molar-refractivity contribution < 1.29 is 46.8 Å². The van der Waals surface area contributed by atoms with Crippen LogP contribution in [0.4, 0.5) is 26.3 Å². The van der Waals surface area contributed by atoms with Gasteiger partial charge in [0.25, 0.3) is 0 Å². The second kappa shape index (κ2) is 58.7. The molecule has 0 heterocycles. The van der Waals surface area contributed by atoms with Crippen molar-refractivity contribution in [1.29, 1.82) is 21.0 Å². The van der Waals surface area contributed by atoms with Crippen LogP contribution >= 0.6 is 54.3 Å². The average Bonchev–Trinajstić information content (AvgIpc) is 0.770. The van der Waals surface area contributed by atoms with Crippen molar-refractivity contribution >= 4 is 140 Å². The third-order valence-corrected chi connectivity index (χ3v) is 47.1. The van der Waals surface area contributed by atoms with Gasteiger partial charge in [-0.3, -0.25) is 0 Å². The largest absolute Gasteiger partial charge is 0.205 e. The van der Waals surface area contributed by atoms with Gasteiger partial charge in [0, 0.05) is 26.0 Å². The number of hydrogen-bond donors (Lipinski definition) is 0. The molecule has 0 spiro atoms. The van der Waals surface area contributed by atoms with Crippen LogP contribution in [0.1, 0.15) is 96.4 Å². The Labute approximate surface area is 808 Å². The summed E-state index contributed by atoms with van der Waals surface area (Å²) in [5, 5.41) is 51.1. The van der Waals surface area contributed by atoms with Gasteiger partial charge in [0.15, 0.2) is 34.9 Å². The third-order valence-electron chi connectivity index (χ3n) is 20.7. The van der Waals surface area contributed by atoms with Gasteiger partial charge < -0.3 is 0 Å². The average molecular weight is 2120 g/mol. The van der Waals surface area contributed by atoms with Gasteiger partial charge in [-0.2, -0.15) is 21.0 Å². The van der Waals surface area contributed by atoms with Crippen molar-refractivity contribution in [2.24, 2.45) is 0 Å². The summed E-state index contributed by atoms with van der Waals surface area (Å²) >= 11 is -0.755. The van der Waals surface area contributed by atoms with Gasteiger partial charge in [0.05, 0.1) is 3.57 Å². The summed E-state index contributed by atoms with van der Waals surface area (Å²) < 4.78 is 86.3. The maximum Gasteiger partial charge on any atom is 0.181 e. The number of halogens is 7. The predicted octanol–water partition coefficient (Wildman–Crippen LogP) is 26.8. The molecule has 16 rings (SSSR count). The van der Waals surface area contributed by atoms with E-state index < -0.39 is 113 Å². The summed E-state index contributed by atoms with van der Waals surface area (Å²) in [6.45, 7) is 7.05. The predicted molar refractivity (Wildman–Crippen MR) is 555 cm³/mol. The summed E-state index contributed by atoms with van der Waals surface area (Å²) in [7, 11) is -1.78. The molecule has 0 aromatic heterocycles. The molecule has 0 bridgehead atoms. The van der Waals surface area contributed by atoms with Crippen LogP contribution in [0, 0.1) is 83.8 Å². The van der Waals surface area contributed by atoms with Crippen LogP contribution in [-0.2, 0) is 20.4 Å². The summed E-state index contributed by atoms with van der Waals surface area (Å²) in [5.41, 5.74) is -3.72. The molecule has 0 aliphatic heterocycles. The summed E-state index contributed by atoms with van der Waals surface area (Å²) in [5.74, 6) is -8.71. The van der Waals surface area contributed by atoms with Crippen molar-refractivity contribution in [3.63, 3.8) is 0 Å². The second-order valence-electron chi connectivity index (χ2n) is 29.2. The van der Waals surface area contributed by atoms with Gasteiger partial charge in [-0.15, -0.1) is 0 Å². The number of nitrogens with zero attached hydrogens (tertiary/aromatic N) is 4. The van der Waals surface area contributed by atoms with E-state index in [4.69, 9.17) is 21.0 Å². The Morgan fingerprint density at radius 1 is 0.237 bits per heavy atom. The molecule has 0 radical (unpaired) electrons. The van der Waals surface area contributed by atoms with E-state index in [0.717, 1.165) is 0 Å². The maximum atomic E-state index is 14.1. The zero-order chi connectivity index (χ0) is 90.5. The van der Waals surface area contributed by atoms with Crippen molar-refractivity contribution in [3.05, 3.63) is 485 Å². The fourth-order valence-corrected chi connectivity index (χ4v) is 40.3. The van der Waals surface area contributed by atoms with Crippen LogP contribution in [0.15, 0.2) is 425 Å². The van der Waals surface area contributed by atoms with Crippen LogP contribution in [-0.4, -0.2) is 18.4 Å². The van der Waals surface area contributed by atoms with E-state index in [-0.39, 0.29) is 44.4 Å². The number of unbranched alkanes of at least 4 members (excludes halogenated alkanes) is 3. The monoisotopic (exact) mass is 2120 g/mol. The second-order valence-corrected chi connectivity index (χ2v) is 52.4. The molecule has 0 unspecified atom stereocenters. The minimum atomic E-state index is -2.10. The number of rotatable bonds is 23. The summed E-state index contributed by atoms with van der Waals surface area (Å²) in [6, 6.07) is 154. The zero-order valence-corrected chi connectivity index (χ0v) is 82.0. The SMILES string of the molecule is C.C.CCC[CH2][Sn]([CH2]CCC)([CH2]CCC)[c]1ccccc1.N#Cc1c(F)c(F)c(C#N)c(-c2ccccc2)c1F.N#Cc1c(F)c(F)c(C#N)c(I)c1F.[Pd].c1ccc(P(c2ccccc2)c2ccccc2)cc1.c1ccc(P(c2ccccc2)c2ccccc2)cc1.c1ccc(P(c2ccccc2)c2ccccc2)cc1.c1ccc(P(c2ccccc2)c2ccccc2)cc1. The smallest absolute Gasteiger partial charge is 0.181 e. The van der Waals surface area contributed by atoms with E-state index in [0.29, 0.717) is 0 Å². The van der Waals surface area contributed by atoms with Crippen molar-refractivity contribution in [3.8, 4) is 35.4 Å².